The van der Waals surface area contributed by atoms with Gasteiger partial charge in [-0.15, -0.1) is 0 Å². The molecule has 12 heteroatoms. The molecular weight excluding hydrogens is 797 g/mol. The number of nitrogens with zero attached hydrogens (tertiary/aromatic N) is 4. The second kappa shape index (κ2) is 24.2. The summed E-state index contributed by atoms with van der Waals surface area (Å²) in [4.78, 5) is 60.6. The molecule has 6 aromatic rings. The number of carboxylic acids is 1. The first-order valence-corrected chi connectivity index (χ1v) is 21.3. The highest BCUT2D eigenvalue weighted by molar-refractivity contribution is 5.92. The van der Waals surface area contributed by atoms with Crippen molar-refractivity contribution in [2.24, 2.45) is 0 Å². The average molecular weight is 855 g/mol. The summed E-state index contributed by atoms with van der Waals surface area (Å²) in [5.74, 6) is -1.23. The van der Waals surface area contributed by atoms with Crippen molar-refractivity contribution in [2.75, 3.05) is 33.4 Å². The number of hydrogen-bond donors (Lipinski definition) is 1. The second-order valence-electron chi connectivity index (χ2n) is 15.4. The SMILES string of the molecule is CC(=O)N(CCCCOCc1cccc(C)c1C(=O)O)Cc1ccc2ccccc2n1.COC(=O)c1c(C)cccc1COCCCCN(Cc1ccc2ccccc2n1)C(C)=O. The summed E-state index contributed by atoms with van der Waals surface area (Å²) in [6.07, 6.45) is 3.22. The fourth-order valence-corrected chi connectivity index (χ4v) is 7.25. The predicted molar refractivity (Wildman–Crippen MR) is 244 cm³/mol. The van der Waals surface area contributed by atoms with Gasteiger partial charge in [0, 0.05) is 50.9 Å². The van der Waals surface area contributed by atoms with Crippen LogP contribution in [0.15, 0.2) is 109 Å². The van der Waals surface area contributed by atoms with Gasteiger partial charge in [-0.05, 0) is 86.1 Å². The van der Waals surface area contributed by atoms with Gasteiger partial charge in [-0.3, -0.25) is 19.6 Å². The van der Waals surface area contributed by atoms with Gasteiger partial charge in [-0.2, -0.15) is 0 Å². The van der Waals surface area contributed by atoms with Gasteiger partial charge in [-0.25, -0.2) is 9.59 Å². The van der Waals surface area contributed by atoms with E-state index in [-0.39, 0.29) is 24.4 Å². The number of amides is 2. The quantitative estimate of drug-likeness (QED) is 0.0582. The molecule has 2 heterocycles. The number of aryl methyl sites for hydroxylation is 2. The molecule has 0 saturated carbocycles. The molecule has 2 aromatic heterocycles. The fraction of sp³-hybridized carbons (Fsp3) is 0.333. The number of carboxylic acid groups (broad SMARTS) is 1. The lowest BCUT2D eigenvalue weighted by Crippen LogP contribution is -2.29. The van der Waals surface area contributed by atoms with Gasteiger partial charge >= 0.3 is 11.9 Å². The van der Waals surface area contributed by atoms with E-state index in [0.717, 1.165) is 75.6 Å². The van der Waals surface area contributed by atoms with Gasteiger partial charge in [0.1, 0.15) is 0 Å². The summed E-state index contributed by atoms with van der Waals surface area (Å²) in [7, 11) is 1.38. The number of rotatable bonds is 20. The lowest BCUT2D eigenvalue weighted by atomic mass is 10.0. The summed E-state index contributed by atoms with van der Waals surface area (Å²) in [5, 5.41) is 11.6. The van der Waals surface area contributed by atoms with Crippen LogP contribution in [0.2, 0.25) is 0 Å². The van der Waals surface area contributed by atoms with Crippen LogP contribution in [0, 0.1) is 13.8 Å². The maximum atomic E-state index is 12.1. The van der Waals surface area contributed by atoms with Gasteiger partial charge in [0.25, 0.3) is 0 Å². The molecule has 4 aromatic carbocycles. The molecule has 0 spiro atoms. The Morgan fingerprint density at radius 1 is 0.556 bits per heavy atom. The van der Waals surface area contributed by atoms with E-state index < -0.39 is 5.97 Å². The topological polar surface area (TPSA) is 148 Å². The van der Waals surface area contributed by atoms with Crippen LogP contribution in [0.5, 0.6) is 0 Å². The zero-order chi connectivity index (χ0) is 45.1. The van der Waals surface area contributed by atoms with Gasteiger partial charge in [0.05, 0.1) is 67.0 Å². The molecule has 330 valence electrons. The first kappa shape index (κ1) is 47.5. The number of para-hydroxylation sites is 2. The second-order valence-corrected chi connectivity index (χ2v) is 15.4. The largest absolute Gasteiger partial charge is 0.478 e. The number of aromatic carboxylic acids is 1. The molecule has 2 amide bonds. The number of carbonyl (C=O) groups is 4. The van der Waals surface area contributed by atoms with Crippen molar-refractivity contribution >= 4 is 45.6 Å². The van der Waals surface area contributed by atoms with E-state index in [1.807, 2.05) is 109 Å². The minimum absolute atomic E-state index is 0.0155. The smallest absolute Gasteiger partial charge is 0.338 e. The van der Waals surface area contributed by atoms with Crippen molar-refractivity contribution in [3.63, 3.8) is 0 Å². The van der Waals surface area contributed by atoms with E-state index in [2.05, 4.69) is 9.97 Å². The lowest BCUT2D eigenvalue weighted by Gasteiger charge is -2.21. The van der Waals surface area contributed by atoms with E-state index in [0.29, 0.717) is 62.7 Å². The Balaban J connectivity index is 0.000000238. The first-order valence-electron chi connectivity index (χ1n) is 21.3. The van der Waals surface area contributed by atoms with Crippen LogP contribution in [0.4, 0.5) is 0 Å². The van der Waals surface area contributed by atoms with Gasteiger partial charge in [0.15, 0.2) is 0 Å². The van der Waals surface area contributed by atoms with Crippen molar-refractivity contribution in [1.82, 2.24) is 19.8 Å². The molecule has 0 atom stereocenters. The summed E-state index contributed by atoms with van der Waals surface area (Å²) in [5.41, 5.74) is 7.60. The van der Waals surface area contributed by atoms with Crippen molar-refractivity contribution in [2.45, 2.75) is 79.7 Å². The van der Waals surface area contributed by atoms with Crippen molar-refractivity contribution in [1.29, 1.82) is 0 Å². The summed E-state index contributed by atoms with van der Waals surface area (Å²) < 4.78 is 16.4. The number of ether oxygens (including phenoxy) is 3. The molecule has 0 aliphatic rings. The monoisotopic (exact) mass is 854 g/mol. The molecule has 0 bridgehead atoms. The molecule has 0 radical (unpaired) electrons. The third-order valence-corrected chi connectivity index (χ3v) is 10.7. The number of unbranched alkanes of at least 4 members (excludes halogenated alkanes) is 2. The number of esters is 1. The van der Waals surface area contributed by atoms with Crippen LogP contribution in [-0.2, 0) is 50.1 Å². The molecule has 0 unspecified atom stereocenters. The van der Waals surface area contributed by atoms with Crippen LogP contribution in [-0.4, -0.2) is 82.0 Å². The van der Waals surface area contributed by atoms with E-state index in [9.17, 15) is 24.3 Å². The Labute approximate surface area is 369 Å². The van der Waals surface area contributed by atoms with E-state index in [4.69, 9.17) is 14.2 Å². The van der Waals surface area contributed by atoms with Gasteiger partial charge < -0.3 is 29.1 Å². The van der Waals surface area contributed by atoms with Crippen molar-refractivity contribution < 1.29 is 38.5 Å². The Morgan fingerprint density at radius 3 is 1.44 bits per heavy atom. The number of aromatic nitrogens is 2. The number of benzene rings is 4. The molecule has 0 saturated heterocycles. The predicted octanol–water partition coefficient (Wildman–Crippen LogP) is 9.26. The van der Waals surface area contributed by atoms with Gasteiger partial charge in [0.2, 0.25) is 11.8 Å². The van der Waals surface area contributed by atoms with Crippen LogP contribution in [0.1, 0.15) is 93.9 Å². The Morgan fingerprint density at radius 2 is 1.00 bits per heavy atom. The zero-order valence-electron chi connectivity index (χ0n) is 37.0. The fourth-order valence-electron chi connectivity index (χ4n) is 7.25. The Bertz CT molecular complexity index is 2490. The van der Waals surface area contributed by atoms with Crippen molar-refractivity contribution in [3.05, 3.63) is 154 Å². The van der Waals surface area contributed by atoms with Crippen LogP contribution < -0.4 is 0 Å². The summed E-state index contributed by atoms with van der Waals surface area (Å²) >= 11 is 0. The Hall–Kier alpha value is -6.50. The number of hydrogen-bond acceptors (Lipinski definition) is 9. The minimum atomic E-state index is -0.934. The van der Waals surface area contributed by atoms with E-state index in [1.165, 1.54) is 7.11 Å². The lowest BCUT2D eigenvalue weighted by molar-refractivity contribution is -0.130. The summed E-state index contributed by atoms with van der Waals surface area (Å²) in [6, 6.07) is 35.0. The number of carbonyl (C=O) groups excluding carboxylic acids is 3. The highest BCUT2D eigenvalue weighted by Crippen LogP contribution is 2.19. The Kier molecular flexibility index (Phi) is 18.3. The first-order chi connectivity index (χ1) is 30.4. The summed E-state index contributed by atoms with van der Waals surface area (Å²) in [6.45, 7) is 10.7. The number of fused-ring (bicyclic) bond motifs is 2. The standard InChI is InChI=1S/C26H30N2O4.C25H28N2O4/c1-19-9-8-11-22(25(19)26(30)31-3)18-32-16-7-6-15-28(20(2)29)17-23-14-13-21-10-4-5-12-24(21)27-23;1-18-8-7-10-21(24(18)25(29)30)17-31-15-6-5-14-27(19(2)28)16-22-13-12-20-9-3-4-11-23(20)26-22/h4-5,8-14H,6-7,15-18H2,1-3H3;3-4,7-13H,5-6,14-17H2,1-2H3,(H,29,30). The van der Waals surface area contributed by atoms with Crippen LogP contribution >= 0.6 is 0 Å². The van der Waals surface area contributed by atoms with Gasteiger partial charge in [-0.1, -0.05) is 84.9 Å². The zero-order valence-corrected chi connectivity index (χ0v) is 37.0. The molecule has 1 N–H and O–H groups in total. The van der Waals surface area contributed by atoms with E-state index in [1.54, 1.807) is 37.8 Å². The molecular formula is C51H58N4O8. The number of methoxy groups -OCH3 is 1. The average Bonchev–Trinajstić information content (AvgIpc) is 3.27. The molecule has 6 rings (SSSR count). The number of pyridine rings is 2. The third-order valence-electron chi connectivity index (χ3n) is 10.7. The molecule has 0 aliphatic heterocycles. The maximum absolute atomic E-state index is 12.1. The van der Waals surface area contributed by atoms with Crippen LogP contribution in [0.25, 0.3) is 21.8 Å². The highest BCUT2D eigenvalue weighted by Gasteiger charge is 2.16. The maximum Gasteiger partial charge on any atom is 0.338 e. The third kappa shape index (κ3) is 14.3. The van der Waals surface area contributed by atoms with Crippen molar-refractivity contribution in [3.8, 4) is 0 Å². The minimum Gasteiger partial charge on any atom is -0.478 e. The molecule has 12 nitrogen and oxygen atoms in total. The normalized spacial score (nSPS) is 10.9. The van der Waals surface area contributed by atoms with E-state index >= 15 is 0 Å². The van der Waals surface area contributed by atoms with Crippen LogP contribution in [0.3, 0.4) is 0 Å². The molecule has 0 fully saturated rings. The highest BCUT2D eigenvalue weighted by atomic mass is 16.5. The molecule has 63 heavy (non-hydrogen) atoms. The molecule has 0 aliphatic carbocycles.